The molecule has 152 valence electrons. The van der Waals surface area contributed by atoms with Crippen LogP contribution in [0.15, 0.2) is 48.5 Å². The van der Waals surface area contributed by atoms with Gasteiger partial charge in [0.2, 0.25) is 0 Å². The molecule has 0 radical (unpaired) electrons. The molecule has 0 spiro atoms. The molecular weight excluding hydrogens is 418 g/mol. The fraction of sp³-hybridized carbons (Fsp3) is 0.158. The summed E-state index contributed by atoms with van der Waals surface area (Å²) < 4.78 is 10.2. The maximum absolute atomic E-state index is 12.1. The van der Waals surface area contributed by atoms with Crippen molar-refractivity contribution in [1.29, 1.82) is 0 Å². The number of nitrogens with one attached hydrogen (secondary N) is 3. The zero-order valence-corrected chi connectivity index (χ0v) is 16.9. The Morgan fingerprint density at radius 2 is 1.72 bits per heavy atom. The van der Waals surface area contributed by atoms with E-state index in [1.807, 2.05) is 0 Å². The van der Waals surface area contributed by atoms with Crippen LogP contribution in [-0.4, -0.2) is 36.1 Å². The number of hydrogen-bond acceptors (Lipinski definition) is 6. The number of carbonyl (C=O) groups excluding carboxylic acids is 3. The summed E-state index contributed by atoms with van der Waals surface area (Å²) in [5.41, 5.74) is 5.31. The summed E-state index contributed by atoms with van der Waals surface area (Å²) in [6, 6.07) is 12.6. The minimum absolute atomic E-state index is 0.109. The molecule has 0 aliphatic rings. The van der Waals surface area contributed by atoms with E-state index in [9.17, 15) is 14.4 Å². The molecule has 2 rings (SSSR count). The largest absolute Gasteiger partial charge is 0.484 e. The van der Waals surface area contributed by atoms with E-state index < -0.39 is 17.8 Å². The predicted molar refractivity (Wildman–Crippen MR) is 111 cm³/mol. The van der Waals surface area contributed by atoms with Gasteiger partial charge in [0.05, 0.1) is 22.8 Å². The predicted octanol–water partition coefficient (Wildman–Crippen LogP) is 2.23. The molecule has 0 aliphatic carbocycles. The highest BCUT2D eigenvalue weighted by Gasteiger charge is 2.12. The van der Waals surface area contributed by atoms with Crippen molar-refractivity contribution in [3.63, 3.8) is 0 Å². The average molecular weight is 436 g/mol. The molecule has 8 nitrogen and oxygen atoms in total. The molecule has 0 atom stereocenters. The molecule has 10 heteroatoms. The molecule has 0 aromatic heterocycles. The quantitative estimate of drug-likeness (QED) is 0.363. The Morgan fingerprint density at radius 1 is 1.03 bits per heavy atom. The highest BCUT2D eigenvalue weighted by atomic mass is 35.5. The zero-order chi connectivity index (χ0) is 21.2. The van der Waals surface area contributed by atoms with Crippen LogP contribution in [0.4, 0.5) is 0 Å². The third-order valence-electron chi connectivity index (χ3n) is 3.40. The summed E-state index contributed by atoms with van der Waals surface area (Å²) >= 11 is 10.9. The number of hydrazine groups is 1. The van der Waals surface area contributed by atoms with Crippen molar-refractivity contribution < 1.29 is 23.9 Å². The molecule has 0 saturated carbocycles. The Labute approximate surface area is 177 Å². The number of thiocarbonyl (C=S) groups is 1. The fourth-order valence-electron chi connectivity index (χ4n) is 2.06. The number of carbonyl (C=O) groups is 3. The van der Waals surface area contributed by atoms with Crippen LogP contribution in [-0.2, 0) is 9.53 Å². The second-order valence-corrected chi connectivity index (χ2v) is 6.29. The number of amides is 2. The molecular formula is C19H18ClN3O5S. The molecule has 2 amide bonds. The lowest BCUT2D eigenvalue weighted by Gasteiger charge is -2.12. The SMILES string of the molecule is CCOC(=O)c1ccc(OCC(=O)NNC(=S)NC(=O)c2ccccc2Cl)cc1. The Bertz CT molecular complexity index is 905. The van der Waals surface area contributed by atoms with Crippen LogP contribution in [0.2, 0.25) is 5.02 Å². The van der Waals surface area contributed by atoms with Crippen LogP contribution >= 0.6 is 23.8 Å². The van der Waals surface area contributed by atoms with Crippen LogP contribution in [0.25, 0.3) is 0 Å². The number of rotatable bonds is 6. The van der Waals surface area contributed by atoms with Gasteiger partial charge in [0.25, 0.3) is 11.8 Å². The first-order chi connectivity index (χ1) is 13.9. The van der Waals surface area contributed by atoms with E-state index in [-0.39, 0.29) is 28.9 Å². The van der Waals surface area contributed by atoms with Crippen LogP contribution < -0.4 is 20.9 Å². The first-order valence-corrected chi connectivity index (χ1v) is 9.24. The molecule has 0 unspecified atom stereocenters. The summed E-state index contributed by atoms with van der Waals surface area (Å²) in [7, 11) is 0. The number of esters is 1. The maximum atomic E-state index is 12.1. The Kier molecular flexibility index (Phi) is 8.38. The minimum Gasteiger partial charge on any atom is -0.484 e. The molecule has 3 N–H and O–H groups in total. The summed E-state index contributed by atoms with van der Waals surface area (Å²) in [5, 5.41) is 2.56. The van der Waals surface area contributed by atoms with Crippen LogP contribution in [0, 0.1) is 0 Å². The molecule has 0 saturated heterocycles. The van der Waals surface area contributed by atoms with E-state index in [0.717, 1.165) is 0 Å². The van der Waals surface area contributed by atoms with E-state index in [0.29, 0.717) is 11.3 Å². The van der Waals surface area contributed by atoms with Crippen LogP contribution in [0.5, 0.6) is 5.75 Å². The molecule has 29 heavy (non-hydrogen) atoms. The lowest BCUT2D eigenvalue weighted by molar-refractivity contribution is -0.123. The number of ether oxygens (including phenoxy) is 2. The Balaban J connectivity index is 1.74. The van der Waals surface area contributed by atoms with E-state index in [4.69, 9.17) is 33.3 Å². The standard InChI is InChI=1S/C19H18ClN3O5S/c1-2-27-18(26)12-7-9-13(10-8-12)28-11-16(24)22-23-19(29)21-17(25)14-5-3-4-6-15(14)20/h3-10H,2,11H2,1H3,(H,22,24)(H2,21,23,25,29). The average Bonchev–Trinajstić information content (AvgIpc) is 2.71. The summed E-state index contributed by atoms with van der Waals surface area (Å²) in [4.78, 5) is 35.5. The second kappa shape index (κ2) is 11.0. The van der Waals surface area contributed by atoms with Gasteiger partial charge in [-0.3, -0.25) is 25.8 Å². The first kappa shape index (κ1) is 22.1. The third-order valence-corrected chi connectivity index (χ3v) is 3.93. The maximum Gasteiger partial charge on any atom is 0.338 e. The summed E-state index contributed by atoms with van der Waals surface area (Å²) in [6.07, 6.45) is 0. The van der Waals surface area contributed by atoms with Crippen molar-refractivity contribution in [2.75, 3.05) is 13.2 Å². The zero-order valence-electron chi connectivity index (χ0n) is 15.4. The molecule has 0 bridgehead atoms. The van der Waals surface area contributed by atoms with Gasteiger partial charge >= 0.3 is 5.97 Å². The second-order valence-electron chi connectivity index (χ2n) is 5.47. The number of halogens is 1. The minimum atomic E-state index is -0.534. The van der Waals surface area contributed by atoms with Gasteiger partial charge in [-0.15, -0.1) is 0 Å². The van der Waals surface area contributed by atoms with Crippen molar-refractivity contribution in [3.05, 3.63) is 64.7 Å². The highest BCUT2D eigenvalue weighted by Crippen LogP contribution is 2.14. The normalized spacial score (nSPS) is 9.86. The van der Waals surface area contributed by atoms with Gasteiger partial charge in [0.1, 0.15) is 5.75 Å². The summed E-state index contributed by atoms with van der Waals surface area (Å²) in [6.45, 7) is 1.69. The van der Waals surface area contributed by atoms with Crippen molar-refractivity contribution in [2.24, 2.45) is 0 Å². The van der Waals surface area contributed by atoms with Crippen molar-refractivity contribution in [2.45, 2.75) is 6.92 Å². The highest BCUT2D eigenvalue weighted by molar-refractivity contribution is 7.80. The molecule has 0 fully saturated rings. The Hall–Kier alpha value is -3.17. The topological polar surface area (TPSA) is 106 Å². The van der Waals surface area contributed by atoms with Crippen molar-refractivity contribution in [1.82, 2.24) is 16.2 Å². The number of hydrogen-bond donors (Lipinski definition) is 3. The van der Waals surface area contributed by atoms with Crippen molar-refractivity contribution >= 4 is 46.7 Å². The van der Waals surface area contributed by atoms with E-state index in [1.54, 1.807) is 43.3 Å². The van der Waals surface area contributed by atoms with E-state index >= 15 is 0 Å². The molecule has 0 heterocycles. The van der Waals surface area contributed by atoms with E-state index in [1.165, 1.54) is 12.1 Å². The molecule has 2 aromatic rings. The van der Waals surface area contributed by atoms with Gasteiger partial charge in [0, 0.05) is 0 Å². The third kappa shape index (κ3) is 7.05. The van der Waals surface area contributed by atoms with Gasteiger partial charge in [-0.05, 0) is 55.5 Å². The Morgan fingerprint density at radius 3 is 2.38 bits per heavy atom. The molecule has 2 aromatic carbocycles. The van der Waals surface area contributed by atoms with Crippen molar-refractivity contribution in [3.8, 4) is 5.75 Å². The van der Waals surface area contributed by atoms with Crippen LogP contribution in [0.1, 0.15) is 27.6 Å². The number of benzene rings is 2. The summed E-state index contributed by atoms with van der Waals surface area (Å²) in [5.74, 6) is -1.09. The molecule has 0 aliphatic heterocycles. The van der Waals surface area contributed by atoms with Gasteiger partial charge in [0.15, 0.2) is 11.7 Å². The van der Waals surface area contributed by atoms with Crippen LogP contribution in [0.3, 0.4) is 0 Å². The lowest BCUT2D eigenvalue weighted by Crippen LogP contribution is -2.49. The fourth-order valence-corrected chi connectivity index (χ4v) is 2.43. The smallest absolute Gasteiger partial charge is 0.338 e. The van der Waals surface area contributed by atoms with Gasteiger partial charge in [-0.2, -0.15) is 0 Å². The lowest BCUT2D eigenvalue weighted by atomic mass is 10.2. The van der Waals surface area contributed by atoms with E-state index in [2.05, 4.69) is 16.2 Å². The monoisotopic (exact) mass is 435 g/mol. The first-order valence-electron chi connectivity index (χ1n) is 8.45. The van der Waals surface area contributed by atoms with Gasteiger partial charge in [-0.25, -0.2) is 4.79 Å². The van der Waals surface area contributed by atoms with Gasteiger partial charge in [-0.1, -0.05) is 23.7 Å². The van der Waals surface area contributed by atoms with Gasteiger partial charge < -0.3 is 9.47 Å².